The lowest BCUT2D eigenvalue weighted by molar-refractivity contribution is -0.131. The maximum atomic E-state index is 13.4. The number of hydrogen-bond donors (Lipinski definition) is 1. The number of Topliss-reactive ketones (excluding diaryl/α,β-unsaturated/α-hetero) is 1. The second-order valence-corrected chi connectivity index (χ2v) is 9.26. The molecule has 1 N–H and O–H groups in total. The molecule has 36 heavy (non-hydrogen) atoms. The van der Waals surface area contributed by atoms with Gasteiger partial charge in [0.05, 0.1) is 14.2 Å². The van der Waals surface area contributed by atoms with Crippen molar-refractivity contribution in [3.05, 3.63) is 70.8 Å². The third-order valence-electron chi connectivity index (χ3n) is 5.64. The molecule has 2 aromatic rings. The monoisotopic (exact) mass is 530 g/mol. The van der Waals surface area contributed by atoms with Crippen LogP contribution in [0.3, 0.4) is 0 Å². The van der Waals surface area contributed by atoms with E-state index in [1.54, 1.807) is 31.3 Å². The molecule has 1 aliphatic heterocycles. The van der Waals surface area contributed by atoms with Crippen molar-refractivity contribution in [2.24, 2.45) is 0 Å². The number of nitrogens with zero attached hydrogens (tertiary/aromatic N) is 1. The normalized spacial score (nSPS) is 15.9. The van der Waals surface area contributed by atoms with Gasteiger partial charge in [-0.3, -0.25) is 14.4 Å². The van der Waals surface area contributed by atoms with Crippen molar-refractivity contribution in [2.45, 2.75) is 17.7 Å². The number of rotatable bonds is 9. The molecule has 1 aliphatic rings. The van der Waals surface area contributed by atoms with Crippen LogP contribution in [0.15, 0.2) is 59.7 Å². The van der Waals surface area contributed by atoms with E-state index in [-0.39, 0.29) is 37.7 Å². The highest BCUT2D eigenvalue weighted by Crippen LogP contribution is 2.24. The molecule has 1 heterocycles. The standard InChI is InChI=1S/C27H28Cl2N2O5/c1-35-22-9-5-18(6-10-22)14-20-16-31(24(32)4-3-13-30-27(34)26(28)29)17-21(25(20)33)15-19-7-11-23(36-2)12-8-19/h5-12,14-15,26H,3-4,13,16-17H2,1-2H3,(H,30,34)/b20-14+,21-15+. The van der Waals surface area contributed by atoms with Crippen LogP contribution in [0.5, 0.6) is 11.5 Å². The number of piperidine rings is 1. The van der Waals surface area contributed by atoms with E-state index in [9.17, 15) is 14.4 Å². The van der Waals surface area contributed by atoms with Gasteiger partial charge in [0.2, 0.25) is 5.91 Å². The lowest BCUT2D eigenvalue weighted by atomic mass is 9.94. The second kappa shape index (κ2) is 13.1. The van der Waals surface area contributed by atoms with Crippen LogP contribution in [0, 0.1) is 0 Å². The molecule has 0 bridgehead atoms. The molecule has 0 unspecified atom stereocenters. The highest BCUT2D eigenvalue weighted by atomic mass is 35.5. The van der Waals surface area contributed by atoms with Gasteiger partial charge in [-0.25, -0.2) is 0 Å². The first-order valence-electron chi connectivity index (χ1n) is 11.4. The first-order valence-corrected chi connectivity index (χ1v) is 12.3. The van der Waals surface area contributed by atoms with Crippen molar-refractivity contribution in [3.63, 3.8) is 0 Å². The average molecular weight is 531 g/mol. The topological polar surface area (TPSA) is 84.9 Å². The van der Waals surface area contributed by atoms with Crippen LogP contribution in [0.25, 0.3) is 12.2 Å². The van der Waals surface area contributed by atoms with Gasteiger partial charge in [-0.1, -0.05) is 47.5 Å². The maximum Gasteiger partial charge on any atom is 0.253 e. The number of benzene rings is 2. The molecule has 0 aromatic heterocycles. The molecule has 1 saturated heterocycles. The number of likely N-dealkylation sites (tertiary alicyclic amines) is 1. The first kappa shape index (κ1) is 27.3. The van der Waals surface area contributed by atoms with Gasteiger partial charge in [-0.2, -0.15) is 0 Å². The minimum absolute atomic E-state index is 0.104. The minimum atomic E-state index is -1.15. The largest absolute Gasteiger partial charge is 0.497 e. The highest BCUT2D eigenvalue weighted by molar-refractivity contribution is 6.53. The van der Waals surface area contributed by atoms with E-state index in [0.717, 1.165) is 11.1 Å². The number of ether oxygens (including phenoxy) is 2. The fraction of sp³-hybridized carbons (Fsp3) is 0.296. The van der Waals surface area contributed by atoms with Gasteiger partial charge in [0.15, 0.2) is 10.6 Å². The molecule has 1 fully saturated rings. The Labute approximate surface area is 220 Å². The van der Waals surface area contributed by atoms with Crippen molar-refractivity contribution < 1.29 is 23.9 Å². The lowest BCUT2D eigenvalue weighted by Gasteiger charge is -2.30. The summed E-state index contributed by atoms with van der Waals surface area (Å²) in [5.74, 6) is 0.708. The van der Waals surface area contributed by atoms with Gasteiger partial charge in [0.25, 0.3) is 5.91 Å². The van der Waals surface area contributed by atoms with Crippen molar-refractivity contribution in [2.75, 3.05) is 33.9 Å². The molecule has 7 nitrogen and oxygen atoms in total. The molecule has 190 valence electrons. The number of alkyl halides is 2. The Bertz CT molecular complexity index is 1070. The number of carbonyl (C=O) groups is 3. The Hall–Kier alpha value is -3.29. The predicted octanol–water partition coefficient (Wildman–Crippen LogP) is 4.28. The van der Waals surface area contributed by atoms with E-state index in [0.29, 0.717) is 29.1 Å². The van der Waals surface area contributed by atoms with Crippen molar-refractivity contribution in [3.8, 4) is 11.5 Å². The molecule has 0 saturated carbocycles. The Morgan fingerprint density at radius 2 is 1.39 bits per heavy atom. The molecular formula is C27H28Cl2N2O5. The van der Waals surface area contributed by atoms with Gasteiger partial charge in [-0.15, -0.1) is 0 Å². The van der Waals surface area contributed by atoms with Gasteiger partial charge in [0.1, 0.15) is 11.5 Å². The van der Waals surface area contributed by atoms with E-state index in [2.05, 4.69) is 5.32 Å². The van der Waals surface area contributed by atoms with E-state index < -0.39 is 10.7 Å². The summed E-state index contributed by atoms with van der Waals surface area (Å²) in [5.41, 5.74) is 2.69. The summed E-state index contributed by atoms with van der Waals surface area (Å²) in [6.07, 6.45) is 4.22. The number of halogens is 2. The zero-order chi connectivity index (χ0) is 26.1. The van der Waals surface area contributed by atoms with Crippen molar-refractivity contribution in [1.82, 2.24) is 10.2 Å². The Morgan fingerprint density at radius 1 is 0.917 bits per heavy atom. The minimum Gasteiger partial charge on any atom is -0.497 e. The Balaban J connectivity index is 1.81. The predicted molar refractivity (Wildman–Crippen MR) is 141 cm³/mol. The maximum absolute atomic E-state index is 13.4. The number of hydrogen-bond acceptors (Lipinski definition) is 5. The second-order valence-electron chi connectivity index (χ2n) is 8.16. The van der Waals surface area contributed by atoms with E-state index in [1.165, 1.54) is 0 Å². The summed E-state index contributed by atoms with van der Waals surface area (Å²) in [5, 5.41) is 2.58. The van der Waals surface area contributed by atoms with Crippen LogP contribution >= 0.6 is 23.2 Å². The highest BCUT2D eigenvalue weighted by Gasteiger charge is 2.29. The number of amides is 2. The molecule has 9 heteroatoms. The van der Waals surface area contributed by atoms with E-state index >= 15 is 0 Å². The summed E-state index contributed by atoms with van der Waals surface area (Å²) in [6.45, 7) is 0.666. The fourth-order valence-electron chi connectivity index (χ4n) is 3.70. The van der Waals surface area contributed by atoms with Crippen molar-refractivity contribution in [1.29, 1.82) is 0 Å². The van der Waals surface area contributed by atoms with Gasteiger partial charge >= 0.3 is 0 Å². The SMILES string of the molecule is COc1ccc(/C=C2\CN(C(=O)CCCNC(=O)C(Cl)Cl)C/C(=C\c3ccc(OC)cc3)C2=O)cc1. The molecule has 0 atom stereocenters. The average Bonchev–Trinajstić information content (AvgIpc) is 2.89. The third kappa shape index (κ3) is 7.60. The van der Waals surface area contributed by atoms with Crippen LogP contribution in [0.2, 0.25) is 0 Å². The van der Waals surface area contributed by atoms with Crippen LogP contribution in [0.4, 0.5) is 0 Å². The van der Waals surface area contributed by atoms with Crippen molar-refractivity contribution >= 4 is 53.0 Å². The molecule has 2 aromatic carbocycles. The number of methoxy groups -OCH3 is 2. The lowest BCUT2D eigenvalue weighted by Crippen LogP contribution is -2.41. The van der Waals surface area contributed by atoms with Gasteiger partial charge < -0.3 is 19.7 Å². The summed E-state index contributed by atoms with van der Waals surface area (Å²) in [7, 11) is 3.18. The Kier molecular flexibility index (Phi) is 9.96. The summed E-state index contributed by atoms with van der Waals surface area (Å²) in [4.78, 5) is 38.4. The van der Waals surface area contributed by atoms with Gasteiger partial charge in [0, 0.05) is 37.2 Å². The molecule has 0 spiro atoms. The molecule has 0 aliphatic carbocycles. The van der Waals surface area contributed by atoms with Crippen LogP contribution < -0.4 is 14.8 Å². The molecule has 2 amide bonds. The Morgan fingerprint density at radius 3 is 1.81 bits per heavy atom. The van der Waals surface area contributed by atoms with E-state index in [1.807, 2.05) is 48.5 Å². The van der Waals surface area contributed by atoms with Crippen LogP contribution in [0.1, 0.15) is 24.0 Å². The molecule has 3 rings (SSSR count). The third-order valence-corrected chi connectivity index (χ3v) is 6.03. The quantitative estimate of drug-likeness (QED) is 0.297. The summed E-state index contributed by atoms with van der Waals surface area (Å²) >= 11 is 11.0. The number of nitrogens with one attached hydrogen (secondary N) is 1. The van der Waals surface area contributed by atoms with Gasteiger partial charge in [-0.05, 0) is 54.0 Å². The smallest absolute Gasteiger partial charge is 0.253 e. The van der Waals surface area contributed by atoms with Crippen LogP contribution in [-0.4, -0.2) is 61.2 Å². The number of carbonyl (C=O) groups excluding carboxylic acids is 3. The zero-order valence-electron chi connectivity index (χ0n) is 20.1. The first-order chi connectivity index (χ1) is 17.3. The fourth-order valence-corrected chi connectivity index (χ4v) is 3.86. The molecular weight excluding hydrogens is 503 g/mol. The molecule has 0 radical (unpaired) electrons. The van der Waals surface area contributed by atoms with E-state index in [4.69, 9.17) is 32.7 Å². The van der Waals surface area contributed by atoms with Crippen LogP contribution in [-0.2, 0) is 14.4 Å². The summed E-state index contributed by atoms with van der Waals surface area (Å²) in [6, 6.07) is 14.7. The zero-order valence-corrected chi connectivity index (χ0v) is 21.6. The summed E-state index contributed by atoms with van der Waals surface area (Å²) < 4.78 is 10.4. The number of ketones is 1.